The van der Waals surface area contributed by atoms with Gasteiger partial charge in [-0.15, -0.1) is 0 Å². The molecule has 1 aromatic heterocycles. The molecule has 0 saturated carbocycles. The van der Waals surface area contributed by atoms with E-state index in [1.807, 2.05) is 12.1 Å². The van der Waals surface area contributed by atoms with Gasteiger partial charge in [0.05, 0.1) is 0 Å². The number of hydrogen-bond donors (Lipinski definition) is 1. The fourth-order valence-electron chi connectivity index (χ4n) is 1.63. The second-order valence-corrected chi connectivity index (χ2v) is 5.52. The SMILES string of the molecule is CN(C)CC(C)(C)Nc1ccc(Br)cn1. The normalized spacial score (nSPS) is 11.9. The summed E-state index contributed by atoms with van der Waals surface area (Å²) in [5.41, 5.74) is 0.0182. The van der Waals surface area contributed by atoms with Crippen molar-refractivity contribution in [2.45, 2.75) is 19.4 Å². The highest BCUT2D eigenvalue weighted by Gasteiger charge is 2.18. The molecule has 3 nitrogen and oxygen atoms in total. The summed E-state index contributed by atoms with van der Waals surface area (Å²) in [7, 11) is 4.14. The molecule has 1 N–H and O–H groups in total. The van der Waals surface area contributed by atoms with Gasteiger partial charge in [-0.25, -0.2) is 4.98 Å². The zero-order valence-electron chi connectivity index (χ0n) is 9.71. The molecular weight excluding hydrogens is 254 g/mol. The zero-order valence-corrected chi connectivity index (χ0v) is 11.3. The molecule has 0 aliphatic heterocycles. The summed E-state index contributed by atoms with van der Waals surface area (Å²) in [4.78, 5) is 6.45. The molecule has 1 aromatic rings. The minimum atomic E-state index is 0.0182. The molecule has 1 rings (SSSR count). The molecule has 0 radical (unpaired) electrons. The first-order valence-electron chi connectivity index (χ1n) is 4.93. The van der Waals surface area contributed by atoms with Gasteiger partial charge in [-0.05, 0) is 56.0 Å². The van der Waals surface area contributed by atoms with Crippen LogP contribution in [0.15, 0.2) is 22.8 Å². The van der Waals surface area contributed by atoms with E-state index in [1.54, 1.807) is 6.20 Å². The maximum atomic E-state index is 4.29. The quantitative estimate of drug-likeness (QED) is 0.913. The fraction of sp³-hybridized carbons (Fsp3) is 0.545. The highest BCUT2D eigenvalue weighted by Crippen LogP contribution is 2.15. The van der Waals surface area contributed by atoms with Crippen molar-refractivity contribution in [3.8, 4) is 0 Å². The lowest BCUT2D eigenvalue weighted by Crippen LogP contribution is -2.41. The average molecular weight is 272 g/mol. The Kier molecular flexibility index (Phi) is 4.11. The average Bonchev–Trinajstić information content (AvgIpc) is 2.06. The van der Waals surface area contributed by atoms with E-state index in [4.69, 9.17) is 0 Å². The van der Waals surface area contributed by atoms with Crippen LogP contribution in [0.5, 0.6) is 0 Å². The summed E-state index contributed by atoms with van der Waals surface area (Å²) in [6.45, 7) is 5.29. The summed E-state index contributed by atoms with van der Waals surface area (Å²) < 4.78 is 0.999. The summed E-state index contributed by atoms with van der Waals surface area (Å²) in [6.07, 6.45) is 1.80. The minimum absolute atomic E-state index is 0.0182. The van der Waals surface area contributed by atoms with Gasteiger partial charge in [0.15, 0.2) is 0 Å². The van der Waals surface area contributed by atoms with Crippen molar-refractivity contribution in [3.05, 3.63) is 22.8 Å². The van der Waals surface area contributed by atoms with Gasteiger partial charge in [0, 0.05) is 22.8 Å². The second-order valence-electron chi connectivity index (χ2n) is 4.61. The van der Waals surface area contributed by atoms with E-state index in [9.17, 15) is 0 Å². The number of halogens is 1. The van der Waals surface area contributed by atoms with Crippen LogP contribution >= 0.6 is 15.9 Å². The van der Waals surface area contributed by atoms with Crippen LogP contribution in [0.3, 0.4) is 0 Å². The van der Waals surface area contributed by atoms with Crippen LogP contribution in [-0.2, 0) is 0 Å². The lowest BCUT2D eigenvalue weighted by molar-refractivity contribution is 0.333. The predicted molar refractivity (Wildman–Crippen MR) is 68.2 cm³/mol. The van der Waals surface area contributed by atoms with Crippen molar-refractivity contribution in [1.82, 2.24) is 9.88 Å². The number of pyridine rings is 1. The molecule has 1 heterocycles. The lowest BCUT2D eigenvalue weighted by Gasteiger charge is -2.30. The first-order chi connectivity index (χ1) is 6.89. The van der Waals surface area contributed by atoms with E-state index in [0.29, 0.717) is 0 Å². The molecule has 84 valence electrons. The molecule has 0 amide bonds. The Balaban J connectivity index is 2.64. The number of nitrogens with zero attached hydrogens (tertiary/aromatic N) is 2. The summed E-state index contributed by atoms with van der Waals surface area (Å²) in [6, 6.07) is 3.96. The molecule has 0 bridgehead atoms. The number of likely N-dealkylation sites (N-methyl/N-ethyl adjacent to an activating group) is 1. The van der Waals surface area contributed by atoms with E-state index in [0.717, 1.165) is 16.8 Å². The highest BCUT2D eigenvalue weighted by molar-refractivity contribution is 9.10. The second kappa shape index (κ2) is 4.94. The molecule has 0 aliphatic rings. The Morgan fingerprint density at radius 1 is 1.40 bits per heavy atom. The number of anilines is 1. The molecule has 0 spiro atoms. The third kappa shape index (κ3) is 4.62. The van der Waals surface area contributed by atoms with Crippen LogP contribution in [0.25, 0.3) is 0 Å². The van der Waals surface area contributed by atoms with E-state index in [1.165, 1.54) is 0 Å². The lowest BCUT2D eigenvalue weighted by atomic mass is 10.1. The summed E-state index contributed by atoms with van der Waals surface area (Å²) in [5, 5.41) is 3.40. The van der Waals surface area contributed by atoms with Crippen molar-refractivity contribution in [1.29, 1.82) is 0 Å². The molecular formula is C11H18BrN3. The third-order valence-electron chi connectivity index (χ3n) is 1.91. The summed E-state index contributed by atoms with van der Waals surface area (Å²) in [5.74, 6) is 0.907. The van der Waals surface area contributed by atoms with Crippen molar-refractivity contribution >= 4 is 21.7 Å². The standard InChI is InChI=1S/C11H18BrN3/c1-11(2,8-15(3)4)14-10-6-5-9(12)7-13-10/h5-7H,8H2,1-4H3,(H,13,14). The maximum absolute atomic E-state index is 4.29. The van der Waals surface area contributed by atoms with Gasteiger partial charge < -0.3 is 10.2 Å². The van der Waals surface area contributed by atoms with E-state index >= 15 is 0 Å². The van der Waals surface area contributed by atoms with Crippen molar-refractivity contribution in [3.63, 3.8) is 0 Å². The van der Waals surface area contributed by atoms with Gasteiger partial charge in [0.25, 0.3) is 0 Å². The third-order valence-corrected chi connectivity index (χ3v) is 2.37. The van der Waals surface area contributed by atoms with Gasteiger partial charge in [-0.3, -0.25) is 0 Å². The Morgan fingerprint density at radius 3 is 2.53 bits per heavy atom. The molecule has 0 aliphatic carbocycles. The molecule has 0 atom stereocenters. The van der Waals surface area contributed by atoms with E-state index in [2.05, 4.69) is 59.1 Å². The van der Waals surface area contributed by atoms with Crippen LogP contribution in [0.2, 0.25) is 0 Å². The Hall–Kier alpha value is -0.610. The highest BCUT2D eigenvalue weighted by atomic mass is 79.9. The van der Waals surface area contributed by atoms with Crippen LogP contribution < -0.4 is 5.32 Å². The minimum Gasteiger partial charge on any atom is -0.364 e. The smallest absolute Gasteiger partial charge is 0.126 e. The molecule has 0 saturated heterocycles. The molecule has 0 unspecified atom stereocenters. The van der Waals surface area contributed by atoms with Crippen molar-refractivity contribution in [2.24, 2.45) is 0 Å². The number of aromatic nitrogens is 1. The van der Waals surface area contributed by atoms with E-state index in [-0.39, 0.29) is 5.54 Å². The Bertz CT molecular complexity index is 306. The Morgan fingerprint density at radius 2 is 2.07 bits per heavy atom. The van der Waals surface area contributed by atoms with Crippen LogP contribution in [0.1, 0.15) is 13.8 Å². The largest absolute Gasteiger partial charge is 0.364 e. The first-order valence-corrected chi connectivity index (χ1v) is 5.73. The first kappa shape index (κ1) is 12.5. The van der Waals surface area contributed by atoms with Crippen LogP contribution in [-0.4, -0.2) is 36.1 Å². The zero-order chi connectivity index (χ0) is 11.5. The summed E-state index contributed by atoms with van der Waals surface area (Å²) >= 11 is 3.37. The van der Waals surface area contributed by atoms with E-state index < -0.39 is 0 Å². The Labute approximate surface area is 100 Å². The predicted octanol–water partition coefficient (Wildman–Crippen LogP) is 2.60. The van der Waals surface area contributed by atoms with Gasteiger partial charge in [0.2, 0.25) is 0 Å². The van der Waals surface area contributed by atoms with Crippen molar-refractivity contribution in [2.75, 3.05) is 26.0 Å². The molecule has 4 heteroatoms. The van der Waals surface area contributed by atoms with Crippen molar-refractivity contribution < 1.29 is 0 Å². The maximum Gasteiger partial charge on any atom is 0.126 e. The topological polar surface area (TPSA) is 28.2 Å². The molecule has 15 heavy (non-hydrogen) atoms. The van der Waals surface area contributed by atoms with Gasteiger partial charge in [0.1, 0.15) is 5.82 Å². The molecule has 0 aromatic carbocycles. The van der Waals surface area contributed by atoms with Crippen LogP contribution in [0.4, 0.5) is 5.82 Å². The monoisotopic (exact) mass is 271 g/mol. The number of rotatable bonds is 4. The number of hydrogen-bond acceptors (Lipinski definition) is 3. The molecule has 0 fully saturated rings. The number of nitrogens with one attached hydrogen (secondary N) is 1. The van der Waals surface area contributed by atoms with Gasteiger partial charge >= 0.3 is 0 Å². The fourth-order valence-corrected chi connectivity index (χ4v) is 1.86. The van der Waals surface area contributed by atoms with Gasteiger partial charge in [-0.2, -0.15) is 0 Å². The van der Waals surface area contributed by atoms with Gasteiger partial charge in [-0.1, -0.05) is 0 Å². The van der Waals surface area contributed by atoms with Crippen LogP contribution in [0, 0.1) is 0 Å².